The Morgan fingerprint density at radius 1 is 1.00 bits per heavy atom. The van der Waals surface area contributed by atoms with Crippen molar-refractivity contribution in [2.24, 2.45) is 0 Å². The number of hydrogen-bond donors (Lipinski definition) is 1. The van der Waals surface area contributed by atoms with Crippen molar-refractivity contribution in [3.63, 3.8) is 0 Å². The molecule has 0 atom stereocenters. The van der Waals surface area contributed by atoms with Crippen LogP contribution in [0, 0.1) is 0 Å². The molecule has 1 N–H and O–H groups in total. The number of ether oxygens (including phenoxy) is 1. The molecule has 3 aromatic carbocycles. The molecule has 1 heterocycles. The van der Waals surface area contributed by atoms with Gasteiger partial charge in [0.15, 0.2) is 5.75 Å². The number of aryl methyl sites for hydroxylation is 1. The smallest absolute Gasteiger partial charge is 0.261 e. The zero-order chi connectivity index (χ0) is 19.7. The normalized spacial score (nSPS) is 12.5. The van der Waals surface area contributed by atoms with E-state index in [9.17, 15) is 9.59 Å². The summed E-state index contributed by atoms with van der Waals surface area (Å²) in [5.74, 6) is 0.722. The first-order chi connectivity index (χ1) is 13.6. The van der Waals surface area contributed by atoms with Gasteiger partial charge in [-0.05, 0) is 54.4 Å². The lowest BCUT2D eigenvalue weighted by Crippen LogP contribution is -2.25. The SMILES string of the molecule is CCc1ccc(C(=O)Nc2ccc3c(c2)N(C)C(=O)c2ccccc2O3)cc1. The topological polar surface area (TPSA) is 58.6 Å². The zero-order valence-corrected chi connectivity index (χ0v) is 15.7. The van der Waals surface area contributed by atoms with Gasteiger partial charge in [-0.1, -0.05) is 31.2 Å². The van der Waals surface area contributed by atoms with E-state index >= 15 is 0 Å². The lowest BCUT2D eigenvalue weighted by molar-refractivity contribution is 0.0991. The third-order valence-corrected chi connectivity index (χ3v) is 4.84. The molecule has 4 rings (SSSR count). The predicted molar refractivity (Wildman–Crippen MR) is 109 cm³/mol. The van der Waals surface area contributed by atoms with Crippen molar-refractivity contribution < 1.29 is 14.3 Å². The van der Waals surface area contributed by atoms with Gasteiger partial charge in [-0.25, -0.2) is 0 Å². The molecule has 0 unspecified atom stereocenters. The first-order valence-electron chi connectivity index (χ1n) is 9.16. The molecule has 2 amide bonds. The molecule has 0 aliphatic carbocycles. The Balaban J connectivity index is 1.62. The van der Waals surface area contributed by atoms with E-state index in [1.165, 1.54) is 10.5 Å². The van der Waals surface area contributed by atoms with Crippen LogP contribution < -0.4 is 15.0 Å². The number of amides is 2. The largest absolute Gasteiger partial charge is 0.454 e. The Morgan fingerprint density at radius 2 is 1.75 bits per heavy atom. The van der Waals surface area contributed by atoms with E-state index < -0.39 is 0 Å². The van der Waals surface area contributed by atoms with Crippen molar-refractivity contribution >= 4 is 23.2 Å². The Hall–Kier alpha value is -3.60. The van der Waals surface area contributed by atoms with E-state index in [1.807, 2.05) is 30.3 Å². The van der Waals surface area contributed by atoms with E-state index in [1.54, 1.807) is 43.4 Å². The highest BCUT2D eigenvalue weighted by molar-refractivity contribution is 6.10. The molecule has 5 heteroatoms. The summed E-state index contributed by atoms with van der Waals surface area (Å²) in [5.41, 5.74) is 3.46. The molecule has 0 saturated heterocycles. The van der Waals surface area contributed by atoms with Crippen LogP contribution in [0.2, 0.25) is 0 Å². The number of benzene rings is 3. The minimum atomic E-state index is -0.200. The number of fused-ring (bicyclic) bond motifs is 2. The van der Waals surface area contributed by atoms with Gasteiger partial charge < -0.3 is 15.0 Å². The maximum absolute atomic E-state index is 12.8. The standard InChI is InChI=1S/C23H20N2O3/c1-3-15-8-10-16(11-9-15)22(26)24-17-12-13-21-19(14-17)25(2)23(27)18-6-4-5-7-20(18)28-21/h4-14H,3H2,1-2H3,(H,24,26). The van der Waals surface area contributed by atoms with Crippen molar-refractivity contribution in [2.45, 2.75) is 13.3 Å². The summed E-state index contributed by atoms with van der Waals surface area (Å²) >= 11 is 0. The van der Waals surface area contributed by atoms with Crippen molar-refractivity contribution in [1.82, 2.24) is 0 Å². The molecule has 0 aromatic heterocycles. The van der Waals surface area contributed by atoms with Crippen LogP contribution in [0.1, 0.15) is 33.2 Å². The Labute approximate surface area is 163 Å². The summed E-state index contributed by atoms with van der Waals surface area (Å²) < 4.78 is 5.94. The summed E-state index contributed by atoms with van der Waals surface area (Å²) in [6, 6.07) is 19.9. The van der Waals surface area contributed by atoms with Gasteiger partial charge in [0.25, 0.3) is 11.8 Å². The molecular formula is C23H20N2O3. The second-order valence-electron chi connectivity index (χ2n) is 6.65. The van der Waals surface area contributed by atoms with E-state index in [0.29, 0.717) is 34.0 Å². The van der Waals surface area contributed by atoms with Crippen LogP contribution in [-0.2, 0) is 6.42 Å². The van der Waals surface area contributed by atoms with Crippen molar-refractivity contribution in [1.29, 1.82) is 0 Å². The lowest BCUT2D eigenvalue weighted by atomic mass is 10.1. The first-order valence-corrected chi connectivity index (χ1v) is 9.16. The van der Waals surface area contributed by atoms with Crippen LogP contribution in [-0.4, -0.2) is 18.9 Å². The fourth-order valence-corrected chi connectivity index (χ4v) is 3.18. The van der Waals surface area contributed by atoms with Crippen LogP contribution in [0.4, 0.5) is 11.4 Å². The number of nitrogens with zero attached hydrogens (tertiary/aromatic N) is 1. The van der Waals surface area contributed by atoms with Crippen LogP contribution in [0.25, 0.3) is 0 Å². The zero-order valence-electron chi connectivity index (χ0n) is 15.7. The minimum Gasteiger partial charge on any atom is -0.454 e. The maximum atomic E-state index is 12.8. The number of para-hydroxylation sites is 1. The fraction of sp³-hybridized carbons (Fsp3) is 0.130. The van der Waals surface area contributed by atoms with Gasteiger partial charge in [-0.15, -0.1) is 0 Å². The molecule has 0 spiro atoms. The third kappa shape index (κ3) is 3.22. The quantitative estimate of drug-likeness (QED) is 0.713. The Morgan fingerprint density at radius 3 is 2.50 bits per heavy atom. The summed E-state index contributed by atoms with van der Waals surface area (Å²) in [6.45, 7) is 2.07. The number of nitrogens with one attached hydrogen (secondary N) is 1. The summed E-state index contributed by atoms with van der Waals surface area (Å²) in [6.07, 6.45) is 0.926. The molecule has 0 radical (unpaired) electrons. The van der Waals surface area contributed by atoms with Gasteiger partial charge in [0, 0.05) is 18.3 Å². The van der Waals surface area contributed by atoms with Gasteiger partial charge >= 0.3 is 0 Å². The summed E-state index contributed by atoms with van der Waals surface area (Å²) in [4.78, 5) is 26.9. The fourth-order valence-electron chi connectivity index (χ4n) is 3.18. The van der Waals surface area contributed by atoms with Gasteiger partial charge in [0.1, 0.15) is 5.75 Å². The molecule has 28 heavy (non-hydrogen) atoms. The summed E-state index contributed by atoms with van der Waals surface area (Å²) in [5, 5.41) is 2.89. The average Bonchev–Trinajstić information content (AvgIpc) is 2.83. The number of carbonyl (C=O) groups is 2. The van der Waals surface area contributed by atoms with Crippen molar-refractivity contribution in [2.75, 3.05) is 17.3 Å². The molecule has 0 bridgehead atoms. The number of hydrogen-bond acceptors (Lipinski definition) is 3. The van der Waals surface area contributed by atoms with Gasteiger partial charge in [-0.3, -0.25) is 9.59 Å². The number of carbonyl (C=O) groups excluding carboxylic acids is 2. The second kappa shape index (κ2) is 7.19. The Kier molecular flexibility index (Phi) is 4.57. The number of anilines is 2. The van der Waals surface area contributed by atoms with Gasteiger partial charge in [-0.2, -0.15) is 0 Å². The highest BCUT2D eigenvalue weighted by atomic mass is 16.5. The van der Waals surface area contributed by atoms with E-state index in [0.717, 1.165) is 6.42 Å². The van der Waals surface area contributed by atoms with E-state index in [2.05, 4.69) is 12.2 Å². The number of rotatable bonds is 3. The maximum Gasteiger partial charge on any atom is 0.261 e. The van der Waals surface area contributed by atoms with Gasteiger partial charge in [0.2, 0.25) is 0 Å². The van der Waals surface area contributed by atoms with Crippen LogP contribution >= 0.6 is 0 Å². The second-order valence-corrected chi connectivity index (χ2v) is 6.65. The third-order valence-electron chi connectivity index (χ3n) is 4.84. The molecule has 0 saturated carbocycles. The predicted octanol–water partition coefficient (Wildman–Crippen LogP) is 4.88. The molecule has 3 aromatic rings. The van der Waals surface area contributed by atoms with Crippen molar-refractivity contribution in [3.8, 4) is 11.5 Å². The highest BCUT2D eigenvalue weighted by Gasteiger charge is 2.25. The Bertz CT molecular complexity index is 1060. The molecule has 1 aliphatic heterocycles. The average molecular weight is 372 g/mol. The summed E-state index contributed by atoms with van der Waals surface area (Å²) in [7, 11) is 1.70. The molecular weight excluding hydrogens is 352 g/mol. The molecule has 1 aliphatic rings. The molecule has 0 fully saturated rings. The van der Waals surface area contributed by atoms with Crippen LogP contribution in [0.5, 0.6) is 11.5 Å². The molecule has 5 nitrogen and oxygen atoms in total. The van der Waals surface area contributed by atoms with Crippen molar-refractivity contribution in [3.05, 3.63) is 83.4 Å². The van der Waals surface area contributed by atoms with Gasteiger partial charge in [0.05, 0.1) is 11.3 Å². The highest BCUT2D eigenvalue weighted by Crippen LogP contribution is 2.39. The first kappa shape index (κ1) is 17.8. The molecule has 140 valence electrons. The van der Waals surface area contributed by atoms with E-state index in [-0.39, 0.29) is 11.8 Å². The van der Waals surface area contributed by atoms with Crippen LogP contribution in [0.3, 0.4) is 0 Å². The van der Waals surface area contributed by atoms with Crippen LogP contribution in [0.15, 0.2) is 66.7 Å². The lowest BCUT2D eigenvalue weighted by Gasteiger charge is -2.17. The van der Waals surface area contributed by atoms with E-state index in [4.69, 9.17) is 4.74 Å². The monoisotopic (exact) mass is 372 g/mol. The minimum absolute atomic E-state index is 0.159.